The maximum atomic E-state index is 12.9. The Balaban J connectivity index is 1.57. The van der Waals surface area contributed by atoms with Crippen molar-refractivity contribution in [3.8, 4) is 0 Å². The van der Waals surface area contributed by atoms with Crippen LogP contribution in [0.4, 0.5) is 5.69 Å². The van der Waals surface area contributed by atoms with Gasteiger partial charge in [-0.3, -0.25) is 9.59 Å². The molecule has 1 saturated heterocycles. The van der Waals surface area contributed by atoms with E-state index in [1.165, 1.54) is 0 Å². The zero-order chi connectivity index (χ0) is 19.1. The Kier molecular flexibility index (Phi) is 6.59. The van der Waals surface area contributed by atoms with Gasteiger partial charge in [0.2, 0.25) is 5.91 Å². The highest BCUT2D eigenvalue weighted by atomic mass is 16.2. The maximum absolute atomic E-state index is 12.9. The van der Waals surface area contributed by atoms with Crippen molar-refractivity contribution in [3.63, 3.8) is 0 Å². The van der Waals surface area contributed by atoms with Gasteiger partial charge in [0.1, 0.15) is 0 Å². The number of anilines is 1. The number of carbonyl (C=O) groups is 2. The molecule has 2 N–H and O–H groups in total. The van der Waals surface area contributed by atoms with Crippen molar-refractivity contribution in [1.29, 1.82) is 0 Å². The van der Waals surface area contributed by atoms with E-state index in [9.17, 15) is 9.59 Å². The Morgan fingerprint density at radius 3 is 3.00 bits per heavy atom. The second-order valence-corrected chi connectivity index (χ2v) is 7.00. The first-order chi connectivity index (χ1) is 13.2. The lowest BCUT2D eigenvalue weighted by molar-refractivity contribution is -0.116. The zero-order valence-electron chi connectivity index (χ0n) is 15.7. The number of hydrogen-bond acceptors (Lipinski definition) is 4. The van der Waals surface area contributed by atoms with Gasteiger partial charge in [-0.2, -0.15) is 0 Å². The predicted molar refractivity (Wildman–Crippen MR) is 104 cm³/mol. The number of rotatable bonds is 7. The molecule has 0 aliphatic carbocycles. The normalized spacial score (nSPS) is 16.9. The molecule has 7 nitrogen and oxygen atoms in total. The molecule has 1 aromatic heterocycles. The first kappa shape index (κ1) is 19.1. The Labute approximate surface area is 159 Å². The summed E-state index contributed by atoms with van der Waals surface area (Å²) in [6.45, 7) is 3.07. The van der Waals surface area contributed by atoms with E-state index in [1.807, 2.05) is 40.9 Å². The van der Waals surface area contributed by atoms with Gasteiger partial charge in [-0.05, 0) is 50.6 Å². The van der Waals surface area contributed by atoms with E-state index in [0.717, 1.165) is 32.5 Å². The van der Waals surface area contributed by atoms with Gasteiger partial charge < -0.3 is 20.1 Å². The number of carbonyl (C=O) groups excluding carboxylic acids is 2. The summed E-state index contributed by atoms with van der Waals surface area (Å²) in [6, 6.07) is 7.20. The third-order valence-electron chi connectivity index (χ3n) is 4.85. The van der Waals surface area contributed by atoms with Crippen molar-refractivity contribution < 1.29 is 9.59 Å². The van der Waals surface area contributed by atoms with Gasteiger partial charge in [-0.25, -0.2) is 4.98 Å². The van der Waals surface area contributed by atoms with Crippen LogP contribution in [0.15, 0.2) is 43.0 Å². The predicted octanol–water partition coefficient (Wildman–Crippen LogP) is 1.98. The van der Waals surface area contributed by atoms with Crippen molar-refractivity contribution in [2.24, 2.45) is 5.92 Å². The second kappa shape index (κ2) is 9.32. The summed E-state index contributed by atoms with van der Waals surface area (Å²) in [4.78, 5) is 30.9. The average molecular weight is 369 g/mol. The fourth-order valence-electron chi connectivity index (χ4n) is 3.49. The largest absolute Gasteiger partial charge is 0.338 e. The molecule has 0 saturated carbocycles. The Hall–Kier alpha value is -2.67. The number of imidazole rings is 1. The highest BCUT2D eigenvalue weighted by molar-refractivity contribution is 5.97. The van der Waals surface area contributed by atoms with Gasteiger partial charge in [0, 0.05) is 49.7 Å². The lowest BCUT2D eigenvalue weighted by Gasteiger charge is -2.32. The fraction of sp³-hybridized carbons (Fsp3) is 0.450. The van der Waals surface area contributed by atoms with Crippen molar-refractivity contribution in [3.05, 3.63) is 48.5 Å². The Morgan fingerprint density at radius 1 is 1.33 bits per heavy atom. The number of nitrogens with one attached hydrogen (secondary N) is 2. The molecule has 144 valence electrons. The molecule has 1 unspecified atom stereocenters. The molecule has 1 aromatic carbocycles. The van der Waals surface area contributed by atoms with Crippen LogP contribution < -0.4 is 10.6 Å². The summed E-state index contributed by atoms with van der Waals surface area (Å²) in [5.41, 5.74) is 1.27. The van der Waals surface area contributed by atoms with E-state index in [-0.39, 0.29) is 11.8 Å². The molecule has 7 heteroatoms. The minimum absolute atomic E-state index is 0.0327. The Morgan fingerprint density at radius 2 is 2.22 bits per heavy atom. The van der Waals surface area contributed by atoms with Crippen molar-refractivity contribution >= 4 is 17.5 Å². The number of hydrogen-bond donors (Lipinski definition) is 2. The number of aryl methyl sites for hydroxylation is 1. The number of likely N-dealkylation sites (tertiary alicyclic amines) is 1. The minimum atomic E-state index is -0.0830. The molecule has 1 atom stereocenters. The molecule has 3 rings (SSSR count). The van der Waals surface area contributed by atoms with Crippen LogP contribution >= 0.6 is 0 Å². The topological polar surface area (TPSA) is 79.3 Å². The van der Waals surface area contributed by atoms with Crippen LogP contribution in [0, 0.1) is 5.92 Å². The van der Waals surface area contributed by atoms with Crippen LogP contribution in [-0.4, -0.2) is 52.9 Å². The summed E-state index contributed by atoms with van der Waals surface area (Å²) >= 11 is 0. The van der Waals surface area contributed by atoms with Gasteiger partial charge in [0.25, 0.3) is 5.91 Å². The molecule has 2 heterocycles. The number of piperidine rings is 1. The van der Waals surface area contributed by atoms with Crippen LogP contribution in [0.3, 0.4) is 0 Å². The summed E-state index contributed by atoms with van der Waals surface area (Å²) in [5, 5.41) is 6.08. The van der Waals surface area contributed by atoms with Crippen LogP contribution in [0.25, 0.3) is 0 Å². The van der Waals surface area contributed by atoms with Gasteiger partial charge in [-0.1, -0.05) is 6.07 Å². The molecule has 2 aromatic rings. The molecule has 1 aliphatic heterocycles. The summed E-state index contributed by atoms with van der Waals surface area (Å²) < 4.78 is 1.86. The lowest BCUT2D eigenvalue weighted by atomic mass is 9.97. The van der Waals surface area contributed by atoms with E-state index >= 15 is 0 Å². The summed E-state index contributed by atoms with van der Waals surface area (Å²) in [6.07, 6.45) is 7.74. The third kappa shape index (κ3) is 5.40. The zero-order valence-corrected chi connectivity index (χ0v) is 15.7. The van der Waals surface area contributed by atoms with E-state index in [2.05, 4.69) is 15.6 Å². The first-order valence-corrected chi connectivity index (χ1v) is 9.45. The van der Waals surface area contributed by atoms with E-state index in [1.54, 1.807) is 18.6 Å². The fourth-order valence-corrected chi connectivity index (χ4v) is 3.49. The molecule has 0 spiro atoms. The van der Waals surface area contributed by atoms with E-state index in [4.69, 9.17) is 0 Å². The standard InChI is InChI=1S/C20H27N5O2/c1-21-13-16-4-3-9-25(14-16)20(27)17-5-2-6-18(12-17)23-19(26)7-10-24-11-8-22-15-24/h2,5-6,8,11-12,15-16,21H,3-4,7,9-10,13-14H2,1H3,(H,23,26). The first-order valence-electron chi connectivity index (χ1n) is 9.45. The van der Waals surface area contributed by atoms with Crippen molar-refractivity contribution in [2.45, 2.75) is 25.8 Å². The van der Waals surface area contributed by atoms with Crippen LogP contribution in [0.2, 0.25) is 0 Å². The highest BCUT2D eigenvalue weighted by Gasteiger charge is 2.24. The smallest absolute Gasteiger partial charge is 0.253 e. The van der Waals surface area contributed by atoms with E-state index < -0.39 is 0 Å². The van der Waals surface area contributed by atoms with Gasteiger partial charge in [-0.15, -0.1) is 0 Å². The molecule has 27 heavy (non-hydrogen) atoms. The maximum Gasteiger partial charge on any atom is 0.253 e. The third-order valence-corrected chi connectivity index (χ3v) is 4.85. The number of benzene rings is 1. The number of amides is 2. The van der Waals surface area contributed by atoms with Gasteiger partial charge in [0.05, 0.1) is 6.33 Å². The number of nitrogens with zero attached hydrogens (tertiary/aromatic N) is 3. The van der Waals surface area contributed by atoms with Crippen molar-refractivity contribution in [2.75, 3.05) is 32.0 Å². The summed E-state index contributed by atoms with van der Waals surface area (Å²) in [5.74, 6) is 0.449. The van der Waals surface area contributed by atoms with Gasteiger partial charge in [0.15, 0.2) is 0 Å². The lowest BCUT2D eigenvalue weighted by Crippen LogP contribution is -2.42. The Bertz CT molecular complexity index is 757. The quantitative estimate of drug-likeness (QED) is 0.782. The molecule has 0 bridgehead atoms. The monoisotopic (exact) mass is 369 g/mol. The molecule has 1 fully saturated rings. The number of aromatic nitrogens is 2. The molecule has 2 amide bonds. The average Bonchev–Trinajstić information content (AvgIpc) is 3.20. The SMILES string of the molecule is CNCC1CCCN(C(=O)c2cccc(NC(=O)CCn3ccnc3)c2)C1. The minimum Gasteiger partial charge on any atom is -0.338 e. The highest BCUT2D eigenvalue weighted by Crippen LogP contribution is 2.19. The van der Waals surface area contributed by atoms with Crippen molar-refractivity contribution in [1.82, 2.24) is 19.8 Å². The van der Waals surface area contributed by atoms with Crippen LogP contribution in [-0.2, 0) is 11.3 Å². The molecule has 0 radical (unpaired) electrons. The molecular formula is C20H27N5O2. The van der Waals surface area contributed by atoms with Gasteiger partial charge >= 0.3 is 0 Å². The van der Waals surface area contributed by atoms with Crippen LogP contribution in [0.1, 0.15) is 29.6 Å². The molecule has 1 aliphatic rings. The summed E-state index contributed by atoms with van der Waals surface area (Å²) in [7, 11) is 1.94. The molecular weight excluding hydrogens is 342 g/mol. The van der Waals surface area contributed by atoms with E-state index in [0.29, 0.717) is 30.1 Å². The second-order valence-electron chi connectivity index (χ2n) is 7.00. The van der Waals surface area contributed by atoms with Crippen LogP contribution in [0.5, 0.6) is 0 Å².